The van der Waals surface area contributed by atoms with Gasteiger partial charge in [-0.3, -0.25) is 4.79 Å². The zero-order valence-electron chi connectivity index (χ0n) is 18.4. The molecule has 8 nitrogen and oxygen atoms in total. The van der Waals surface area contributed by atoms with Crippen molar-refractivity contribution in [1.82, 2.24) is 25.5 Å². The average Bonchev–Trinajstić information content (AvgIpc) is 3.23. The van der Waals surface area contributed by atoms with Crippen molar-refractivity contribution in [1.29, 1.82) is 0 Å². The SMILES string of the molecule is CCN(CCCNC(=O)[C@@H](Cc1cccc(OC)c1)n1nnnc1C)c1ccccc1. The Bertz CT molecular complexity index is 959. The third-order valence-corrected chi connectivity index (χ3v) is 5.23. The number of aromatic nitrogens is 4. The van der Waals surface area contributed by atoms with Gasteiger partial charge >= 0.3 is 0 Å². The van der Waals surface area contributed by atoms with Crippen LogP contribution < -0.4 is 15.0 Å². The van der Waals surface area contributed by atoms with Crippen LogP contribution >= 0.6 is 0 Å². The topological polar surface area (TPSA) is 85.2 Å². The summed E-state index contributed by atoms with van der Waals surface area (Å²) in [5.74, 6) is 1.26. The van der Waals surface area contributed by atoms with Crippen molar-refractivity contribution in [3.8, 4) is 5.75 Å². The van der Waals surface area contributed by atoms with Crippen LogP contribution in [0.3, 0.4) is 0 Å². The third-order valence-electron chi connectivity index (χ3n) is 5.23. The Balaban J connectivity index is 1.61. The number of carbonyl (C=O) groups excluding carboxylic acids is 1. The molecule has 2 aromatic carbocycles. The zero-order chi connectivity index (χ0) is 22.1. The van der Waals surface area contributed by atoms with Crippen LogP contribution in [-0.2, 0) is 11.2 Å². The maximum atomic E-state index is 13.1. The number of anilines is 1. The summed E-state index contributed by atoms with van der Waals surface area (Å²) in [7, 11) is 1.63. The molecular weight excluding hydrogens is 392 g/mol. The number of aryl methyl sites for hydroxylation is 1. The number of carbonyl (C=O) groups is 1. The van der Waals surface area contributed by atoms with E-state index in [1.165, 1.54) is 5.69 Å². The number of tetrazole rings is 1. The third kappa shape index (κ3) is 6.04. The van der Waals surface area contributed by atoms with E-state index in [2.05, 4.69) is 44.8 Å². The van der Waals surface area contributed by atoms with E-state index in [-0.39, 0.29) is 5.91 Å². The number of nitrogens with one attached hydrogen (secondary N) is 1. The predicted octanol–water partition coefficient (Wildman–Crippen LogP) is 2.81. The van der Waals surface area contributed by atoms with Gasteiger partial charge in [-0.15, -0.1) is 5.10 Å². The molecule has 0 bridgehead atoms. The molecule has 1 amide bonds. The number of benzene rings is 2. The van der Waals surface area contributed by atoms with Crippen LogP contribution in [0.15, 0.2) is 54.6 Å². The number of nitrogens with zero attached hydrogens (tertiary/aromatic N) is 5. The lowest BCUT2D eigenvalue weighted by Crippen LogP contribution is -2.36. The van der Waals surface area contributed by atoms with Gasteiger partial charge in [0.15, 0.2) is 0 Å². The van der Waals surface area contributed by atoms with Gasteiger partial charge in [0.25, 0.3) is 0 Å². The highest BCUT2D eigenvalue weighted by Gasteiger charge is 2.24. The van der Waals surface area contributed by atoms with E-state index < -0.39 is 6.04 Å². The van der Waals surface area contributed by atoms with E-state index in [0.717, 1.165) is 30.8 Å². The summed E-state index contributed by atoms with van der Waals surface area (Å²) in [5.41, 5.74) is 2.17. The average molecular weight is 423 g/mol. The molecule has 0 fully saturated rings. The minimum Gasteiger partial charge on any atom is -0.497 e. The van der Waals surface area contributed by atoms with Gasteiger partial charge in [0, 0.05) is 31.7 Å². The normalized spacial score (nSPS) is 11.7. The highest BCUT2D eigenvalue weighted by molar-refractivity contribution is 5.80. The number of amides is 1. The van der Waals surface area contributed by atoms with Crippen LogP contribution in [0.2, 0.25) is 0 Å². The largest absolute Gasteiger partial charge is 0.497 e. The number of hydrogen-bond donors (Lipinski definition) is 1. The van der Waals surface area contributed by atoms with Gasteiger partial charge in [-0.05, 0) is 60.5 Å². The first-order valence-corrected chi connectivity index (χ1v) is 10.6. The molecule has 3 aromatic rings. The molecule has 8 heteroatoms. The lowest BCUT2D eigenvalue weighted by atomic mass is 10.0. The van der Waals surface area contributed by atoms with Crippen molar-refractivity contribution >= 4 is 11.6 Å². The van der Waals surface area contributed by atoms with Gasteiger partial charge in [-0.2, -0.15) is 0 Å². The molecule has 0 spiro atoms. The summed E-state index contributed by atoms with van der Waals surface area (Å²) in [6.07, 6.45) is 1.31. The van der Waals surface area contributed by atoms with Gasteiger partial charge in [-0.25, -0.2) is 4.68 Å². The minimum atomic E-state index is -0.529. The molecule has 0 saturated heterocycles. The first-order chi connectivity index (χ1) is 15.1. The zero-order valence-corrected chi connectivity index (χ0v) is 18.4. The molecule has 31 heavy (non-hydrogen) atoms. The van der Waals surface area contributed by atoms with Crippen LogP contribution in [0, 0.1) is 6.92 Å². The Morgan fingerprint density at radius 2 is 2.00 bits per heavy atom. The molecule has 0 unspecified atom stereocenters. The second kappa shape index (κ2) is 11.1. The monoisotopic (exact) mass is 422 g/mol. The van der Waals surface area contributed by atoms with E-state index >= 15 is 0 Å². The summed E-state index contributed by atoms with van der Waals surface area (Å²) in [6.45, 7) is 6.30. The van der Waals surface area contributed by atoms with Gasteiger partial charge < -0.3 is 15.0 Å². The van der Waals surface area contributed by atoms with E-state index in [9.17, 15) is 4.79 Å². The first-order valence-electron chi connectivity index (χ1n) is 10.6. The van der Waals surface area contributed by atoms with Gasteiger partial charge in [0.1, 0.15) is 17.6 Å². The second-order valence-electron chi connectivity index (χ2n) is 7.30. The smallest absolute Gasteiger partial charge is 0.245 e. The molecule has 3 rings (SSSR count). The number of ether oxygens (including phenoxy) is 1. The summed E-state index contributed by atoms with van der Waals surface area (Å²) < 4.78 is 6.89. The Morgan fingerprint density at radius 3 is 2.68 bits per heavy atom. The van der Waals surface area contributed by atoms with Crippen molar-refractivity contribution in [3.05, 3.63) is 66.0 Å². The maximum Gasteiger partial charge on any atom is 0.245 e. The van der Waals surface area contributed by atoms with Crippen molar-refractivity contribution < 1.29 is 9.53 Å². The van der Waals surface area contributed by atoms with Crippen molar-refractivity contribution in [2.75, 3.05) is 31.6 Å². The standard InChI is InChI=1S/C23H30N6O2/c1-4-28(20-11-6-5-7-12-20)15-9-14-24-23(30)22(29-18(2)25-26-27-29)17-19-10-8-13-21(16-19)31-3/h5-8,10-13,16,22H,4,9,14-15,17H2,1-3H3,(H,24,30)/t22-/m1/s1. The fourth-order valence-corrected chi connectivity index (χ4v) is 3.55. The molecule has 1 heterocycles. The summed E-state index contributed by atoms with van der Waals surface area (Å²) in [4.78, 5) is 15.4. The molecule has 1 atom stereocenters. The van der Waals surface area contributed by atoms with Crippen LogP contribution in [0.5, 0.6) is 5.75 Å². The quantitative estimate of drug-likeness (QED) is 0.478. The summed E-state index contributed by atoms with van der Waals surface area (Å²) >= 11 is 0. The van der Waals surface area contributed by atoms with Gasteiger partial charge in [0.2, 0.25) is 5.91 Å². The lowest BCUT2D eigenvalue weighted by molar-refractivity contribution is -0.124. The van der Waals surface area contributed by atoms with Crippen molar-refractivity contribution in [2.24, 2.45) is 0 Å². The number of hydrogen-bond acceptors (Lipinski definition) is 6. The molecule has 1 aromatic heterocycles. The molecular formula is C23H30N6O2. The van der Waals surface area contributed by atoms with E-state index in [1.54, 1.807) is 18.7 Å². The van der Waals surface area contributed by atoms with Crippen LogP contribution in [0.25, 0.3) is 0 Å². The Hall–Kier alpha value is -3.42. The number of methoxy groups -OCH3 is 1. The predicted molar refractivity (Wildman–Crippen MR) is 120 cm³/mol. The van der Waals surface area contributed by atoms with Crippen LogP contribution in [-0.4, -0.2) is 52.9 Å². The number of rotatable bonds is 11. The molecule has 0 radical (unpaired) electrons. The molecule has 1 N–H and O–H groups in total. The number of para-hydroxylation sites is 1. The minimum absolute atomic E-state index is 0.0963. The second-order valence-corrected chi connectivity index (χ2v) is 7.30. The van der Waals surface area contributed by atoms with Gasteiger partial charge in [0.05, 0.1) is 7.11 Å². The Morgan fingerprint density at radius 1 is 1.19 bits per heavy atom. The van der Waals surface area contributed by atoms with Crippen LogP contribution in [0.4, 0.5) is 5.69 Å². The summed E-state index contributed by atoms with van der Waals surface area (Å²) in [5, 5.41) is 14.8. The highest BCUT2D eigenvalue weighted by atomic mass is 16.5. The Labute approximate surface area is 183 Å². The fourth-order valence-electron chi connectivity index (χ4n) is 3.55. The fraction of sp³-hybridized carbons (Fsp3) is 0.391. The molecule has 0 aliphatic heterocycles. The molecule has 164 valence electrons. The molecule has 0 aliphatic rings. The van der Waals surface area contributed by atoms with E-state index in [1.807, 2.05) is 42.5 Å². The molecule has 0 saturated carbocycles. The van der Waals surface area contributed by atoms with E-state index in [4.69, 9.17) is 4.74 Å². The highest BCUT2D eigenvalue weighted by Crippen LogP contribution is 2.19. The van der Waals surface area contributed by atoms with Crippen molar-refractivity contribution in [2.45, 2.75) is 32.7 Å². The van der Waals surface area contributed by atoms with Crippen LogP contribution in [0.1, 0.15) is 30.8 Å². The first kappa shape index (κ1) is 22.3. The van der Waals surface area contributed by atoms with Crippen molar-refractivity contribution in [3.63, 3.8) is 0 Å². The lowest BCUT2D eigenvalue weighted by Gasteiger charge is -2.23. The Kier molecular flexibility index (Phi) is 7.98. The molecule has 0 aliphatic carbocycles. The van der Waals surface area contributed by atoms with E-state index in [0.29, 0.717) is 18.8 Å². The van der Waals surface area contributed by atoms with Gasteiger partial charge in [-0.1, -0.05) is 30.3 Å². The maximum absolute atomic E-state index is 13.1. The summed E-state index contributed by atoms with van der Waals surface area (Å²) in [6, 6.07) is 17.5.